The van der Waals surface area contributed by atoms with Gasteiger partial charge in [0.25, 0.3) is 0 Å². The molecule has 1 aromatic heterocycles. The van der Waals surface area contributed by atoms with Crippen LogP contribution in [-0.2, 0) is 5.41 Å². The zero-order valence-electron chi connectivity index (χ0n) is 27.0. The van der Waals surface area contributed by atoms with E-state index in [1.165, 1.54) is 43.2 Å². The Morgan fingerprint density at radius 1 is 0.596 bits per heavy atom. The van der Waals surface area contributed by atoms with Crippen molar-refractivity contribution in [1.29, 1.82) is 5.26 Å². The average molecular weight is 611 g/mol. The third kappa shape index (κ3) is 5.51. The minimum atomic E-state index is 0.305. The smallest absolute Gasteiger partial charge is 0.164 e. The molecule has 6 aromatic rings. The van der Waals surface area contributed by atoms with Gasteiger partial charge in [0.05, 0.1) is 11.6 Å². The molecule has 2 aliphatic carbocycles. The van der Waals surface area contributed by atoms with E-state index in [4.69, 9.17) is 15.0 Å². The molecule has 0 spiro atoms. The molecule has 4 nitrogen and oxygen atoms in total. The Morgan fingerprint density at radius 2 is 1.23 bits per heavy atom. The largest absolute Gasteiger partial charge is 0.208 e. The first-order valence-corrected chi connectivity index (χ1v) is 16.9. The van der Waals surface area contributed by atoms with Gasteiger partial charge in [-0.2, -0.15) is 5.26 Å². The normalized spacial score (nSPS) is 22.1. The third-order valence-electron chi connectivity index (χ3n) is 10.5. The molecule has 0 aliphatic heterocycles. The molecular weight excluding hydrogens is 573 g/mol. The highest BCUT2D eigenvalue weighted by Crippen LogP contribution is 2.54. The highest BCUT2D eigenvalue weighted by atomic mass is 15.0. The summed E-state index contributed by atoms with van der Waals surface area (Å²) in [4.78, 5) is 15.1. The van der Waals surface area contributed by atoms with Gasteiger partial charge in [0, 0.05) is 16.7 Å². The van der Waals surface area contributed by atoms with Crippen molar-refractivity contribution in [1.82, 2.24) is 15.0 Å². The molecule has 8 rings (SSSR count). The standard InChI is InChI=1S/C43H38N4/c1-28-21-30-22-29(2)25-43(24-28,26-30)36-18-15-31(16-19-36)38-13-6-7-14-39(38)42-46-40(32-9-4-3-5-10-32)45-41(47-42)34-17-20-37-33(23-34)11-8-12-35(37)27-44/h3-20,23,28-30H,21-22,24-26H2,1-2H3/t28-,29+,30?,43?. The Kier molecular flexibility index (Phi) is 7.41. The fourth-order valence-corrected chi connectivity index (χ4v) is 8.85. The van der Waals surface area contributed by atoms with E-state index < -0.39 is 0 Å². The van der Waals surface area contributed by atoms with Gasteiger partial charge < -0.3 is 0 Å². The van der Waals surface area contributed by atoms with Crippen LogP contribution in [0.5, 0.6) is 0 Å². The summed E-state index contributed by atoms with van der Waals surface area (Å²) in [6.45, 7) is 4.91. The van der Waals surface area contributed by atoms with Crippen LogP contribution in [0.4, 0.5) is 0 Å². The van der Waals surface area contributed by atoms with Crippen LogP contribution >= 0.6 is 0 Å². The van der Waals surface area contributed by atoms with Crippen molar-refractivity contribution in [2.75, 3.05) is 0 Å². The minimum Gasteiger partial charge on any atom is -0.208 e. The number of hydrogen-bond acceptors (Lipinski definition) is 4. The first-order valence-electron chi connectivity index (χ1n) is 16.9. The molecule has 0 saturated heterocycles. The van der Waals surface area contributed by atoms with Gasteiger partial charge in [-0.1, -0.05) is 117 Å². The molecule has 2 saturated carbocycles. The van der Waals surface area contributed by atoms with Gasteiger partial charge in [0.2, 0.25) is 0 Å². The first-order chi connectivity index (χ1) is 23.0. The third-order valence-corrected chi connectivity index (χ3v) is 10.5. The summed E-state index contributed by atoms with van der Waals surface area (Å²) in [5, 5.41) is 11.5. The zero-order valence-corrected chi connectivity index (χ0v) is 27.0. The molecule has 4 atom stereocenters. The molecule has 0 N–H and O–H groups in total. The minimum absolute atomic E-state index is 0.305. The van der Waals surface area contributed by atoms with Gasteiger partial charge in [-0.05, 0) is 94.9 Å². The van der Waals surface area contributed by atoms with E-state index in [1.54, 1.807) is 0 Å². The van der Waals surface area contributed by atoms with E-state index >= 15 is 0 Å². The quantitative estimate of drug-likeness (QED) is 0.195. The lowest BCUT2D eigenvalue weighted by molar-refractivity contribution is 0.0780. The number of hydrogen-bond donors (Lipinski definition) is 0. The number of rotatable bonds is 5. The van der Waals surface area contributed by atoms with E-state index in [2.05, 4.69) is 74.5 Å². The van der Waals surface area contributed by atoms with Crippen molar-refractivity contribution < 1.29 is 0 Å². The summed E-state index contributed by atoms with van der Waals surface area (Å²) in [7, 11) is 0. The van der Waals surface area contributed by atoms with Crippen LogP contribution < -0.4 is 0 Å². The second-order valence-corrected chi connectivity index (χ2v) is 14.1. The van der Waals surface area contributed by atoms with Crippen molar-refractivity contribution in [3.8, 4) is 51.4 Å². The maximum absolute atomic E-state index is 9.62. The van der Waals surface area contributed by atoms with Crippen molar-refractivity contribution >= 4 is 10.8 Å². The number of nitriles is 1. The van der Waals surface area contributed by atoms with Gasteiger partial charge in [-0.25, -0.2) is 15.0 Å². The predicted octanol–water partition coefficient (Wildman–Crippen LogP) is 10.7. The van der Waals surface area contributed by atoms with Crippen molar-refractivity contribution in [3.05, 3.63) is 126 Å². The van der Waals surface area contributed by atoms with Gasteiger partial charge >= 0.3 is 0 Å². The zero-order chi connectivity index (χ0) is 32.0. The molecule has 2 fully saturated rings. The number of nitrogens with zero attached hydrogens (tertiary/aromatic N) is 4. The summed E-state index contributed by atoms with van der Waals surface area (Å²) in [6.07, 6.45) is 6.70. The molecule has 47 heavy (non-hydrogen) atoms. The molecule has 2 aliphatic rings. The average Bonchev–Trinajstić information content (AvgIpc) is 3.10. The molecule has 5 aromatic carbocycles. The van der Waals surface area contributed by atoms with E-state index in [0.717, 1.165) is 50.8 Å². The van der Waals surface area contributed by atoms with Crippen LogP contribution in [-0.4, -0.2) is 15.0 Å². The highest BCUT2D eigenvalue weighted by molar-refractivity contribution is 5.91. The SMILES string of the molecule is C[C@@H]1CC2C[C@H](C)CC(c3ccc(-c4ccccc4-c4nc(-c5ccccc5)nc(-c5ccc6c(C#N)cccc6c5)n4)cc3)(C2)C1. The van der Waals surface area contributed by atoms with Crippen molar-refractivity contribution in [2.45, 2.75) is 51.4 Å². The fraction of sp³-hybridized carbons (Fsp3) is 0.256. The van der Waals surface area contributed by atoms with Gasteiger partial charge in [0.1, 0.15) is 0 Å². The molecule has 0 amide bonds. The molecule has 0 radical (unpaired) electrons. The molecular formula is C43H38N4. The molecule has 230 valence electrons. The number of benzene rings is 5. The van der Waals surface area contributed by atoms with Crippen LogP contribution in [0.15, 0.2) is 115 Å². The summed E-state index contributed by atoms with van der Waals surface area (Å²) < 4.78 is 0. The second-order valence-electron chi connectivity index (χ2n) is 14.1. The van der Waals surface area contributed by atoms with E-state index in [0.29, 0.717) is 28.5 Å². The first kappa shape index (κ1) is 29.3. The second kappa shape index (κ2) is 11.9. The highest BCUT2D eigenvalue weighted by Gasteiger charge is 2.45. The molecule has 2 bridgehead atoms. The lowest BCUT2D eigenvalue weighted by Crippen LogP contribution is -2.42. The van der Waals surface area contributed by atoms with E-state index in [-0.39, 0.29) is 0 Å². The van der Waals surface area contributed by atoms with Crippen molar-refractivity contribution in [3.63, 3.8) is 0 Å². The van der Waals surface area contributed by atoms with Crippen LogP contribution in [0, 0.1) is 29.1 Å². The van der Waals surface area contributed by atoms with Gasteiger partial charge in [-0.15, -0.1) is 0 Å². The topological polar surface area (TPSA) is 62.5 Å². The Labute approximate surface area is 277 Å². The summed E-state index contributed by atoms with van der Waals surface area (Å²) in [5.41, 5.74) is 7.55. The fourth-order valence-electron chi connectivity index (χ4n) is 8.85. The summed E-state index contributed by atoms with van der Waals surface area (Å²) in [6, 6.07) is 42.1. The van der Waals surface area contributed by atoms with Crippen LogP contribution in [0.1, 0.15) is 57.1 Å². The lowest BCUT2D eigenvalue weighted by atomic mass is 9.54. The molecule has 2 unspecified atom stereocenters. The van der Waals surface area contributed by atoms with E-state index in [1.807, 2.05) is 60.7 Å². The Bertz CT molecular complexity index is 2110. The van der Waals surface area contributed by atoms with Crippen LogP contribution in [0.3, 0.4) is 0 Å². The Balaban J connectivity index is 1.22. The number of aromatic nitrogens is 3. The lowest BCUT2D eigenvalue weighted by Gasteiger charge is -2.50. The van der Waals surface area contributed by atoms with Crippen molar-refractivity contribution in [2.24, 2.45) is 17.8 Å². The molecule has 1 heterocycles. The van der Waals surface area contributed by atoms with Crippen LogP contribution in [0.25, 0.3) is 56.1 Å². The maximum Gasteiger partial charge on any atom is 0.164 e. The van der Waals surface area contributed by atoms with E-state index in [9.17, 15) is 5.26 Å². The Hall–Kier alpha value is -5.14. The summed E-state index contributed by atoms with van der Waals surface area (Å²) >= 11 is 0. The van der Waals surface area contributed by atoms with Gasteiger partial charge in [-0.3, -0.25) is 0 Å². The maximum atomic E-state index is 9.62. The molecule has 4 heteroatoms. The van der Waals surface area contributed by atoms with Crippen LogP contribution in [0.2, 0.25) is 0 Å². The van der Waals surface area contributed by atoms with Gasteiger partial charge in [0.15, 0.2) is 17.5 Å². The summed E-state index contributed by atoms with van der Waals surface area (Å²) in [5.74, 6) is 4.31. The Morgan fingerprint density at radius 3 is 1.96 bits per heavy atom. The monoisotopic (exact) mass is 610 g/mol. The number of fused-ring (bicyclic) bond motifs is 3. The predicted molar refractivity (Wildman–Crippen MR) is 190 cm³/mol.